The van der Waals surface area contributed by atoms with Gasteiger partial charge in [0.2, 0.25) is 11.4 Å². The van der Waals surface area contributed by atoms with Crippen LogP contribution in [-0.2, 0) is 27.3 Å². The van der Waals surface area contributed by atoms with Gasteiger partial charge in [0, 0.05) is 30.5 Å². The molecule has 468 valence electrons. The molecule has 0 aliphatic carbocycles. The van der Waals surface area contributed by atoms with Gasteiger partial charge in [0.25, 0.3) is 0 Å². The molecule has 0 saturated carbocycles. The van der Waals surface area contributed by atoms with E-state index >= 15 is 0 Å². The van der Waals surface area contributed by atoms with Crippen LogP contribution in [0, 0.1) is 0 Å². The molecule has 0 unspecified atom stereocenters. The van der Waals surface area contributed by atoms with Gasteiger partial charge in [-0.25, -0.2) is 0 Å². The summed E-state index contributed by atoms with van der Waals surface area (Å²) >= 11 is 0. The number of pyridine rings is 3. The lowest BCUT2D eigenvalue weighted by molar-refractivity contribution is -0.955. The van der Waals surface area contributed by atoms with Gasteiger partial charge < -0.3 is 4.90 Å². The number of hydrogen-bond donors (Lipinski definition) is 0. The Labute approximate surface area is 567 Å². The Hall–Kier alpha value is -10.6. The van der Waals surface area contributed by atoms with Crippen LogP contribution in [0.4, 0.5) is 17.1 Å². The molecule has 0 bridgehead atoms. The van der Waals surface area contributed by atoms with Crippen molar-refractivity contribution in [2.45, 2.75) is 110 Å². The van der Waals surface area contributed by atoms with Crippen LogP contribution < -0.4 is 14.0 Å². The molecule has 96 heavy (non-hydrogen) atoms. The van der Waals surface area contributed by atoms with Crippen LogP contribution in [0.25, 0.3) is 112 Å². The molecular formula is C92H82N4+2. The maximum atomic E-state index is 4.72. The van der Waals surface area contributed by atoms with Gasteiger partial charge in [-0.05, 0) is 218 Å². The van der Waals surface area contributed by atoms with Crippen molar-refractivity contribution in [1.29, 1.82) is 0 Å². The molecule has 0 N–H and O–H groups in total. The first kappa shape index (κ1) is 60.4. The van der Waals surface area contributed by atoms with E-state index in [4.69, 9.17) is 4.98 Å². The first-order valence-electron chi connectivity index (χ1n) is 34.1. The largest absolute Gasteiger partial charge is 0.421 e. The van der Waals surface area contributed by atoms with Gasteiger partial charge in [-0.15, -0.1) is 9.13 Å². The van der Waals surface area contributed by atoms with E-state index in [1.807, 2.05) is 18.5 Å². The molecular weight excluding hydrogens is 1160 g/mol. The van der Waals surface area contributed by atoms with Crippen LogP contribution in [0.15, 0.2) is 280 Å². The third-order valence-corrected chi connectivity index (χ3v) is 20.6. The minimum absolute atomic E-state index is 0.0634. The molecule has 3 aliphatic rings. The van der Waals surface area contributed by atoms with E-state index in [2.05, 4.69) is 358 Å². The number of hydrogen-bond acceptors (Lipinski definition) is 2. The van der Waals surface area contributed by atoms with E-state index in [0.29, 0.717) is 0 Å². The monoisotopic (exact) mass is 1240 g/mol. The second kappa shape index (κ2) is 22.3. The topological polar surface area (TPSA) is 23.9 Å². The Morgan fingerprint density at radius 3 is 0.885 bits per heavy atom. The van der Waals surface area contributed by atoms with Gasteiger partial charge in [-0.2, -0.15) is 0 Å². The predicted molar refractivity (Wildman–Crippen MR) is 400 cm³/mol. The number of anilines is 3. The summed E-state index contributed by atoms with van der Waals surface area (Å²) in [6, 6.07) is 96.9. The van der Waals surface area contributed by atoms with E-state index < -0.39 is 5.66 Å². The number of benzene rings is 10. The zero-order valence-corrected chi connectivity index (χ0v) is 57.3. The third-order valence-electron chi connectivity index (χ3n) is 20.6. The van der Waals surface area contributed by atoms with Crippen molar-refractivity contribution in [3.05, 3.63) is 313 Å². The summed E-state index contributed by atoms with van der Waals surface area (Å²) < 4.78 is 5.13. The first-order valence-corrected chi connectivity index (χ1v) is 34.1. The average molecular weight is 1240 g/mol. The highest BCUT2D eigenvalue weighted by Crippen LogP contribution is 2.60. The zero-order valence-electron chi connectivity index (χ0n) is 57.3. The van der Waals surface area contributed by atoms with Crippen LogP contribution in [0.3, 0.4) is 0 Å². The van der Waals surface area contributed by atoms with Gasteiger partial charge in [-0.1, -0.05) is 229 Å². The van der Waals surface area contributed by atoms with E-state index in [1.54, 1.807) is 0 Å². The third kappa shape index (κ3) is 10.2. The van der Waals surface area contributed by atoms with Crippen LogP contribution in [0.1, 0.15) is 116 Å². The van der Waals surface area contributed by atoms with Crippen molar-refractivity contribution < 1.29 is 9.13 Å². The fraction of sp³-hybridized carbons (Fsp3) is 0.185. The molecule has 13 aromatic rings. The van der Waals surface area contributed by atoms with Crippen LogP contribution in [0.5, 0.6) is 0 Å². The maximum Gasteiger partial charge on any atom is 0.421 e. The Bertz CT molecular complexity index is 4760. The van der Waals surface area contributed by atoms with E-state index in [-0.39, 0.29) is 21.7 Å². The van der Waals surface area contributed by atoms with E-state index in [0.717, 1.165) is 39.3 Å². The standard InChI is InChI=1S/C92H82N4/c1-88(2,3)75-35-27-59(28-36-75)69-50-70(60-29-37-76(38-30-60)89(4,5)6)53-73(52-69)65-20-13-18-63(48-65)67-43-46-94-84(56-67)80-23-15-25-82-86(80)92(94)87-81(24-16-26-83(87)96(82)79-22-17-45-93-58-79)85-57-68(44-47-95(85)92)64-19-14-21-66(49-64)74-54-71(61-31-39-77(40-32-61)90(7,8)9)51-72(55-74)62-33-41-78(42-34-62)91(10,11)12/h13-58H,1-12H3/q+2. The summed E-state index contributed by atoms with van der Waals surface area (Å²) in [4.78, 5) is 7.16. The molecule has 1 spiro atoms. The lowest BCUT2D eigenvalue weighted by Gasteiger charge is -2.34. The van der Waals surface area contributed by atoms with Gasteiger partial charge in [0.15, 0.2) is 12.4 Å². The fourth-order valence-corrected chi connectivity index (χ4v) is 15.2. The lowest BCUT2D eigenvalue weighted by atomic mass is 9.83. The van der Waals surface area contributed by atoms with Gasteiger partial charge in [-0.3, -0.25) is 4.98 Å². The zero-order chi connectivity index (χ0) is 66.2. The van der Waals surface area contributed by atoms with Crippen LogP contribution in [-0.4, -0.2) is 4.98 Å². The highest BCUT2D eigenvalue weighted by molar-refractivity contribution is 5.95. The Kier molecular flexibility index (Phi) is 14.0. The molecule has 0 saturated heterocycles. The quantitative estimate of drug-likeness (QED) is 0.135. The second-order valence-electron chi connectivity index (χ2n) is 31.0. The number of fused-ring (bicyclic) bond motifs is 4. The Morgan fingerprint density at radius 1 is 0.281 bits per heavy atom. The van der Waals surface area contributed by atoms with Crippen molar-refractivity contribution in [1.82, 2.24) is 4.98 Å². The van der Waals surface area contributed by atoms with Crippen molar-refractivity contribution in [3.63, 3.8) is 0 Å². The molecule has 16 rings (SSSR count). The molecule has 3 aliphatic heterocycles. The Balaban J connectivity index is 0.817. The smallest absolute Gasteiger partial charge is 0.307 e. The summed E-state index contributed by atoms with van der Waals surface area (Å²) in [6.45, 7) is 27.4. The van der Waals surface area contributed by atoms with Crippen molar-refractivity contribution in [2.24, 2.45) is 0 Å². The number of nitrogens with zero attached hydrogens (tertiary/aromatic N) is 4. The predicted octanol–water partition coefficient (Wildman–Crippen LogP) is 23.2. The Morgan fingerprint density at radius 2 is 0.573 bits per heavy atom. The molecule has 4 nitrogen and oxygen atoms in total. The summed E-state index contributed by atoms with van der Waals surface area (Å²) in [5, 5.41) is 0. The lowest BCUT2D eigenvalue weighted by Crippen LogP contribution is -2.72. The molecule has 3 aromatic heterocycles. The van der Waals surface area contributed by atoms with E-state index in [1.165, 1.54) is 123 Å². The SMILES string of the molecule is CC(C)(C)c1ccc(-c2cc(-c3ccc(C(C)(C)C)cc3)cc(-c3cccc(-c4cc[n+]5c(c4)-c4cccc6c4C54c5c(cccc5N6c5cccnc5)-c5cc(-c6cccc(-c7cc(-c8ccc(C(C)(C)C)cc8)cc(-c8ccc(C(C)(C)C)cc8)c7)c6)cc[n+]54)c3)c2)cc1. The molecule has 0 atom stereocenters. The molecule has 10 aromatic carbocycles. The highest BCUT2D eigenvalue weighted by atomic mass is 15.3. The summed E-state index contributed by atoms with van der Waals surface area (Å²) in [5.74, 6) is 0. The van der Waals surface area contributed by atoms with Gasteiger partial charge >= 0.3 is 5.66 Å². The maximum absolute atomic E-state index is 4.72. The van der Waals surface area contributed by atoms with E-state index in [9.17, 15) is 0 Å². The number of aromatic nitrogens is 3. The molecule has 0 amide bonds. The fourth-order valence-electron chi connectivity index (χ4n) is 15.2. The minimum Gasteiger partial charge on any atom is -0.307 e. The second-order valence-corrected chi connectivity index (χ2v) is 31.0. The normalized spacial score (nSPS) is 13.5. The van der Waals surface area contributed by atoms with Crippen LogP contribution >= 0.6 is 0 Å². The van der Waals surface area contributed by atoms with Crippen molar-refractivity contribution in [2.75, 3.05) is 4.90 Å². The first-order chi connectivity index (χ1) is 46.1. The van der Waals surface area contributed by atoms with Gasteiger partial charge in [0.05, 0.1) is 34.4 Å². The summed E-state index contributed by atoms with van der Waals surface area (Å²) in [6.07, 6.45) is 8.60. The molecule has 6 heterocycles. The van der Waals surface area contributed by atoms with Crippen LogP contribution in [0.2, 0.25) is 0 Å². The minimum atomic E-state index is -0.734. The summed E-state index contributed by atoms with van der Waals surface area (Å²) in [5.41, 5.74) is 34.4. The average Bonchev–Trinajstić information content (AvgIpc) is 1.48. The molecule has 0 radical (unpaired) electrons. The molecule has 4 heteroatoms. The van der Waals surface area contributed by atoms with Crippen molar-refractivity contribution >= 4 is 17.1 Å². The molecule has 0 fully saturated rings. The highest BCUT2D eigenvalue weighted by Gasteiger charge is 2.71. The summed E-state index contributed by atoms with van der Waals surface area (Å²) in [7, 11) is 0. The van der Waals surface area contributed by atoms with Gasteiger partial charge in [0.1, 0.15) is 11.1 Å². The van der Waals surface area contributed by atoms with Crippen molar-refractivity contribution in [3.8, 4) is 112 Å². The number of rotatable bonds is 9.